The van der Waals surface area contributed by atoms with Gasteiger partial charge < -0.3 is 10.4 Å². The number of amides is 1. The molecule has 1 fully saturated rings. The van der Waals surface area contributed by atoms with E-state index in [-0.39, 0.29) is 11.9 Å². The van der Waals surface area contributed by atoms with Crippen molar-refractivity contribution in [3.05, 3.63) is 29.3 Å². The molecule has 4 heteroatoms. The number of nitrogens with one attached hydrogen (secondary N) is 1. The van der Waals surface area contributed by atoms with Crippen LogP contribution >= 0.6 is 0 Å². The molecule has 0 aliphatic carbocycles. The molecule has 0 aromatic heterocycles. The van der Waals surface area contributed by atoms with Crippen molar-refractivity contribution in [2.45, 2.75) is 52.2 Å². The average molecular weight is 290 g/mol. The normalized spacial score (nSPS) is 21.0. The van der Waals surface area contributed by atoms with Crippen LogP contribution in [-0.2, 0) is 4.79 Å². The van der Waals surface area contributed by atoms with E-state index in [9.17, 15) is 9.90 Å². The van der Waals surface area contributed by atoms with Gasteiger partial charge in [-0.05, 0) is 51.3 Å². The Morgan fingerprint density at radius 1 is 1.38 bits per heavy atom. The third kappa shape index (κ3) is 4.05. The van der Waals surface area contributed by atoms with Crippen molar-refractivity contribution < 1.29 is 9.90 Å². The molecule has 0 radical (unpaired) electrons. The number of likely N-dealkylation sites (tertiary alicyclic amines) is 1. The number of nitrogens with zero attached hydrogens (tertiary/aromatic N) is 1. The first-order chi connectivity index (χ1) is 9.99. The summed E-state index contributed by atoms with van der Waals surface area (Å²) in [5.41, 5.74) is 3.07. The van der Waals surface area contributed by atoms with Crippen LogP contribution < -0.4 is 5.32 Å². The summed E-state index contributed by atoms with van der Waals surface area (Å²) in [6.07, 6.45) is 2.80. The molecule has 2 unspecified atom stereocenters. The highest BCUT2D eigenvalue weighted by atomic mass is 16.3. The minimum Gasteiger partial charge on any atom is -0.392 e. The second kappa shape index (κ2) is 7.05. The smallest absolute Gasteiger partial charge is 0.238 e. The van der Waals surface area contributed by atoms with E-state index in [0.717, 1.165) is 42.6 Å². The first-order valence-electron chi connectivity index (χ1n) is 7.77. The average Bonchev–Trinajstić information content (AvgIpc) is 2.43. The van der Waals surface area contributed by atoms with Gasteiger partial charge in [0.25, 0.3) is 0 Å². The fourth-order valence-electron chi connectivity index (χ4n) is 3.13. The van der Waals surface area contributed by atoms with Gasteiger partial charge in [0.05, 0.1) is 12.6 Å². The number of piperidine rings is 1. The summed E-state index contributed by atoms with van der Waals surface area (Å²) < 4.78 is 0. The molecular weight excluding hydrogens is 264 g/mol. The minimum absolute atomic E-state index is 0.0000463. The summed E-state index contributed by atoms with van der Waals surface area (Å²) in [5.74, 6) is -0.0000463. The largest absolute Gasteiger partial charge is 0.392 e. The molecule has 0 spiro atoms. The summed E-state index contributed by atoms with van der Waals surface area (Å²) in [6, 6.07) is 6.10. The number of para-hydroxylation sites is 1. The van der Waals surface area contributed by atoms with Crippen LogP contribution in [0.15, 0.2) is 18.2 Å². The van der Waals surface area contributed by atoms with Crippen LogP contribution in [0.5, 0.6) is 0 Å². The van der Waals surface area contributed by atoms with Gasteiger partial charge in [-0.2, -0.15) is 0 Å². The van der Waals surface area contributed by atoms with Gasteiger partial charge >= 0.3 is 0 Å². The molecule has 0 bridgehead atoms. The summed E-state index contributed by atoms with van der Waals surface area (Å²) in [6.45, 7) is 7.05. The highest BCUT2D eigenvalue weighted by Crippen LogP contribution is 2.21. The van der Waals surface area contributed by atoms with Gasteiger partial charge in [0.2, 0.25) is 5.91 Å². The Hall–Kier alpha value is -1.39. The van der Waals surface area contributed by atoms with Crippen LogP contribution in [-0.4, -0.2) is 41.1 Å². The van der Waals surface area contributed by atoms with E-state index in [1.807, 2.05) is 39.0 Å². The molecule has 2 N–H and O–H groups in total. The maximum atomic E-state index is 12.3. The SMILES string of the molecule is Cc1cccc(C)c1NC(=O)CN1CCCCC1C(C)O. The molecule has 2 rings (SSSR count). The predicted octanol–water partition coefficient (Wildman–Crippen LogP) is 2.48. The summed E-state index contributed by atoms with van der Waals surface area (Å²) in [4.78, 5) is 14.4. The number of hydrogen-bond acceptors (Lipinski definition) is 3. The highest BCUT2D eigenvalue weighted by Gasteiger charge is 2.27. The van der Waals surface area contributed by atoms with Crippen LogP contribution in [0.1, 0.15) is 37.3 Å². The van der Waals surface area contributed by atoms with Crippen LogP contribution in [0, 0.1) is 13.8 Å². The lowest BCUT2D eigenvalue weighted by Gasteiger charge is -2.36. The lowest BCUT2D eigenvalue weighted by atomic mass is 9.98. The Bertz CT molecular complexity index is 479. The second-order valence-corrected chi connectivity index (χ2v) is 6.09. The van der Waals surface area contributed by atoms with E-state index in [1.54, 1.807) is 0 Å². The summed E-state index contributed by atoms with van der Waals surface area (Å²) >= 11 is 0. The third-order valence-electron chi connectivity index (χ3n) is 4.31. The van der Waals surface area contributed by atoms with E-state index < -0.39 is 6.10 Å². The number of aryl methyl sites for hydroxylation is 2. The molecule has 116 valence electrons. The Labute approximate surface area is 127 Å². The third-order valence-corrected chi connectivity index (χ3v) is 4.31. The van der Waals surface area contributed by atoms with Gasteiger partial charge in [0.15, 0.2) is 0 Å². The number of carbonyl (C=O) groups excluding carboxylic acids is 1. The van der Waals surface area contributed by atoms with E-state index >= 15 is 0 Å². The molecule has 1 saturated heterocycles. The zero-order valence-electron chi connectivity index (χ0n) is 13.2. The number of carbonyl (C=O) groups is 1. The number of hydrogen-bond donors (Lipinski definition) is 2. The van der Waals surface area contributed by atoms with Crippen molar-refractivity contribution in [3.63, 3.8) is 0 Å². The van der Waals surface area contributed by atoms with Gasteiger partial charge in [0, 0.05) is 11.7 Å². The van der Waals surface area contributed by atoms with Crippen LogP contribution in [0.3, 0.4) is 0 Å². The lowest BCUT2D eigenvalue weighted by molar-refractivity contribution is -0.118. The molecule has 21 heavy (non-hydrogen) atoms. The van der Waals surface area contributed by atoms with Gasteiger partial charge in [-0.3, -0.25) is 9.69 Å². The number of aliphatic hydroxyl groups is 1. The number of aliphatic hydroxyl groups excluding tert-OH is 1. The van der Waals surface area contributed by atoms with Crippen molar-refractivity contribution in [2.75, 3.05) is 18.4 Å². The molecule has 1 amide bonds. The quantitative estimate of drug-likeness (QED) is 0.895. The minimum atomic E-state index is -0.390. The molecule has 1 heterocycles. The van der Waals surface area contributed by atoms with Crippen molar-refractivity contribution in [3.8, 4) is 0 Å². The topological polar surface area (TPSA) is 52.6 Å². The highest BCUT2D eigenvalue weighted by molar-refractivity contribution is 5.93. The fraction of sp³-hybridized carbons (Fsp3) is 0.588. The fourth-order valence-corrected chi connectivity index (χ4v) is 3.13. The Morgan fingerprint density at radius 2 is 2.05 bits per heavy atom. The summed E-state index contributed by atoms with van der Waals surface area (Å²) in [7, 11) is 0. The standard InChI is InChI=1S/C17H26N2O2/c1-12-7-6-8-13(2)17(12)18-16(21)11-19-10-5-4-9-15(19)14(3)20/h6-8,14-15,20H,4-5,9-11H2,1-3H3,(H,18,21). The van der Waals surface area contributed by atoms with Crippen molar-refractivity contribution in [2.24, 2.45) is 0 Å². The maximum Gasteiger partial charge on any atom is 0.238 e. The number of rotatable bonds is 4. The molecule has 1 aromatic carbocycles. The monoisotopic (exact) mass is 290 g/mol. The van der Waals surface area contributed by atoms with E-state index in [0.29, 0.717) is 6.54 Å². The van der Waals surface area contributed by atoms with E-state index in [1.165, 1.54) is 0 Å². The second-order valence-electron chi connectivity index (χ2n) is 6.09. The zero-order valence-corrected chi connectivity index (χ0v) is 13.2. The van der Waals surface area contributed by atoms with Crippen LogP contribution in [0.4, 0.5) is 5.69 Å². The van der Waals surface area contributed by atoms with E-state index in [2.05, 4.69) is 10.2 Å². The first-order valence-corrected chi connectivity index (χ1v) is 7.77. The Morgan fingerprint density at radius 3 is 2.67 bits per heavy atom. The lowest BCUT2D eigenvalue weighted by Crippen LogP contribution is -2.48. The zero-order chi connectivity index (χ0) is 15.4. The Balaban J connectivity index is 2.01. The molecule has 1 aromatic rings. The van der Waals surface area contributed by atoms with Gasteiger partial charge in [-0.15, -0.1) is 0 Å². The van der Waals surface area contributed by atoms with Crippen molar-refractivity contribution in [1.82, 2.24) is 4.90 Å². The van der Waals surface area contributed by atoms with E-state index in [4.69, 9.17) is 0 Å². The predicted molar refractivity (Wildman–Crippen MR) is 85.4 cm³/mol. The number of anilines is 1. The number of benzene rings is 1. The maximum absolute atomic E-state index is 12.3. The molecule has 4 nitrogen and oxygen atoms in total. The molecular formula is C17H26N2O2. The molecule has 1 aliphatic rings. The molecule has 0 saturated carbocycles. The van der Waals surface area contributed by atoms with Gasteiger partial charge in [0.1, 0.15) is 0 Å². The first kappa shape index (κ1) is 16.0. The van der Waals surface area contributed by atoms with Gasteiger partial charge in [-0.25, -0.2) is 0 Å². The van der Waals surface area contributed by atoms with Crippen molar-refractivity contribution >= 4 is 11.6 Å². The van der Waals surface area contributed by atoms with Crippen LogP contribution in [0.25, 0.3) is 0 Å². The Kier molecular flexibility index (Phi) is 5.37. The van der Waals surface area contributed by atoms with Gasteiger partial charge in [-0.1, -0.05) is 24.6 Å². The van der Waals surface area contributed by atoms with Crippen molar-refractivity contribution in [1.29, 1.82) is 0 Å². The van der Waals surface area contributed by atoms with Crippen LogP contribution in [0.2, 0.25) is 0 Å². The molecule has 1 aliphatic heterocycles. The molecule has 2 atom stereocenters. The summed E-state index contributed by atoms with van der Waals surface area (Å²) in [5, 5.41) is 12.9.